The van der Waals surface area contributed by atoms with Crippen molar-refractivity contribution in [1.82, 2.24) is 0 Å². The Bertz CT molecular complexity index is 475. The average Bonchev–Trinajstić information content (AvgIpc) is 2.11. The van der Waals surface area contributed by atoms with Crippen molar-refractivity contribution in [2.75, 3.05) is 0 Å². The highest BCUT2D eigenvalue weighted by Gasteiger charge is 2.13. The third kappa shape index (κ3) is 6.25. The molecule has 0 saturated carbocycles. The van der Waals surface area contributed by atoms with Gasteiger partial charge in [0.15, 0.2) is 11.5 Å². The minimum Gasteiger partial charge on any atom is -0.504 e. The number of rotatable bonds is 1. The molecule has 0 radical (unpaired) electrons. The molecule has 0 aliphatic carbocycles. The summed E-state index contributed by atoms with van der Waals surface area (Å²) in [5, 5.41) is 36.1. The first-order valence-corrected chi connectivity index (χ1v) is 5.97. The van der Waals surface area contributed by atoms with Crippen LogP contribution < -0.4 is 0 Å². The van der Waals surface area contributed by atoms with Gasteiger partial charge >= 0.3 is 10.4 Å². The van der Waals surface area contributed by atoms with Crippen LogP contribution >= 0.6 is 9.24 Å². The summed E-state index contributed by atoms with van der Waals surface area (Å²) in [7, 11) is -2.62. The van der Waals surface area contributed by atoms with Gasteiger partial charge in [0.05, 0.1) is 5.85 Å². The zero-order valence-corrected chi connectivity index (χ0v) is 10.2. The Morgan fingerprint density at radius 1 is 1.06 bits per heavy atom. The highest BCUT2D eigenvalue weighted by molar-refractivity contribution is 7.79. The predicted molar refractivity (Wildman–Crippen MR) is 60.3 cm³/mol. The van der Waals surface area contributed by atoms with E-state index in [1.807, 2.05) is 9.24 Å². The van der Waals surface area contributed by atoms with E-state index in [1.165, 1.54) is 12.1 Å². The highest BCUT2D eigenvalue weighted by atomic mass is 32.3. The summed E-state index contributed by atoms with van der Waals surface area (Å²) in [5.41, 5.74) is 0.148. The van der Waals surface area contributed by atoms with Crippen LogP contribution in [-0.4, -0.2) is 37.9 Å². The fraction of sp³-hybridized carbons (Fsp3) is 0.143. The van der Waals surface area contributed by atoms with Crippen LogP contribution in [0.25, 0.3) is 0 Å². The topological polar surface area (TPSA) is 156 Å². The van der Waals surface area contributed by atoms with E-state index in [2.05, 4.69) is 0 Å². The summed E-state index contributed by atoms with van der Waals surface area (Å²) >= 11 is 0. The third-order valence-corrected chi connectivity index (χ3v) is 1.84. The maximum atomic E-state index is 9.17. The van der Waals surface area contributed by atoms with Gasteiger partial charge in [-0.1, -0.05) is 0 Å². The largest absolute Gasteiger partial charge is 0.504 e. The molecule has 2 atom stereocenters. The Hall–Kier alpha value is -1.12. The van der Waals surface area contributed by atoms with E-state index in [0.29, 0.717) is 0 Å². The van der Waals surface area contributed by atoms with Crippen molar-refractivity contribution in [2.45, 2.75) is 5.85 Å². The van der Waals surface area contributed by atoms with Gasteiger partial charge in [-0.2, -0.15) is 8.42 Å². The second kappa shape index (κ2) is 5.99. The first kappa shape index (κ1) is 15.9. The Balaban J connectivity index is 0.000000437. The molecule has 1 aromatic rings. The minimum absolute atomic E-state index is 0.148. The molecule has 0 saturated heterocycles. The van der Waals surface area contributed by atoms with Crippen LogP contribution in [0.15, 0.2) is 12.1 Å². The van der Waals surface area contributed by atoms with Crippen molar-refractivity contribution in [1.29, 1.82) is 0 Å². The van der Waals surface area contributed by atoms with Crippen LogP contribution in [0.1, 0.15) is 11.4 Å². The molecule has 2 unspecified atom stereocenters. The minimum atomic E-state index is -4.67. The number of aliphatic hydroxyl groups is 1. The molecule has 0 bridgehead atoms. The van der Waals surface area contributed by atoms with E-state index < -0.39 is 33.5 Å². The van der Waals surface area contributed by atoms with Crippen LogP contribution in [0.3, 0.4) is 0 Å². The SMILES string of the molecule is O=S(=O)(O)O.Oc1ccc(C(O)P)c(O)c1O. The van der Waals surface area contributed by atoms with Gasteiger partial charge in [0.2, 0.25) is 5.75 Å². The summed E-state index contributed by atoms with van der Waals surface area (Å²) in [5.74, 6) is -2.50. The highest BCUT2D eigenvalue weighted by Crippen LogP contribution is 2.40. The summed E-state index contributed by atoms with van der Waals surface area (Å²) in [6.07, 6.45) is 0. The first-order chi connectivity index (χ1) is 7.54. The predicted octanol–water partition coefficient (Wildman–Crippen LogP) is 0.0166. The number of phenols is 3. The molecule has 0 aliphatic rings. The monoisotopic (exact) mass is 286 g/mol. The number of aliphatic hydroxyl groups excluding tert-OH is 1. The number of hydrogen-bond acceptors (Lipinski definition) is 6. The smallest absolute Gasteiger partial charge is 0.394 e. The van der Waals surface area contributed by atoms with E-state index in [-0.39, 0.29) is 5.56 Å². The summed E-state index contributed by atoms with van der Waals surface area (Å²) in [6.45, 7) is 0. The van der Waals surface area contributed by atoms with Crippen LogP contribution in [0.5, 0.6) is 17.2 Å². The van der Waals surface area contributed by atoms with Gasteiger partial charge in [0, 0.05) is 5.56 Å². The number of hydrogen-bond donors (Lipinski definition) is 6. The number of benzene rings is 1. The molecule has 8 nitrogen and oxygen atoms in total. The van der Waals surface area contributed by atoms with Crippen molar-refractivity contribution in [2.24, 2.45) is 0 Å². The number of phenolic OH excluding ortho intramolecular Hbond substituents is 3. The molecule has 0 heterocycles. The molecule has 0 amide bonds. The van der Waals surface area contributed by atoms with Crippen LogP contribution in [-0.2, 0) is 10.4 Å². The van der Waals surface area contributed by atoms with E-state index in [4.69, 9.17) is 37.9 Å². The zero-order valence-electron chi connectivity index (χ0n) is 8.22. The van der Waals surface area contributed by atoms with Crippen molar-refractivity contribution in [3.05, 3.63) is 17.7 Å². The van der Waals surface area contributed by atoms with Gasteiger partial charge in [0.25, 0.3) is 0 Å². The van der Waals surface area contributed by atoms with Gasteiger partial charge < -0.3 is 20.4 Å². The Labute approximate surface area is 98.9 Å². The van der Waals surface area contributed by atoms with E-state index in [9.17, 15) is 0 Å². The maximum absolute atomic E-state index is 9.17. The molecule has 1 rings (SSSR count). The molecule has 1 aromatic carbocycles. The third-order valence-electron chi connectivity index (χ3n) is 1.48. The van der Waals surface area contributed by atoms with Crippen LogP contribution in [0.4, 0.5) is 0 Å². The lowest BCUT2D eigenvalue weighted by Crippen LogP contribution is -1.89. The van der Waals surface area contributed by atoms with Gasteiger partial charge in [-0.05, 0) is 12.1 Å². The lowest BCUT2D eigenvalue weighted by atomic mass is 10.2. The van der Waals surface area contributed by atoms with E-state index >= 15 is 0 Å². The van der Waals surface area contributed by atoms with Crippen molar-refractivity contribution < 1.29 is 37.9 Å². The fourth-order valence-corrected chi connectivity index (χ4v) is 1.09. The molecule has 6 N–H and O–H groups in total. The lowest BCUT2D eigenvalue weighted by Gasteiger charge is -2.08. The second-order valence-electron chi connectivity index (χ2n) is 2.76. The lowest BCUT2D eigenvalue weighted by molar-refractivity contribution is 0.260. The zero-order chi connectivity index (χ0) is 13.8. The van der Waals surface area contributed by atoms with Crippen LogP contribution in [0, 0.1) is 0 Å². The molecule has 10 heteroatoms. The fourth-order valence-electron chi connectivity index (χ4n) is 0.823. The summed E-state index contributed by atoms with van der Waals surface area (Å²) in [6, 6.07) is 2.51. The molecular formula is C7H11O8PS. The van der Waals surface area contributed by atoms with Gasteiger partial charge in [-0.3, -0.25) is 9.11 Å². The molecule has 17 heavy (non-hydrogen) atoms. The molecule has 0 fully saturated rings. The Morgan fingerprint density at radius 2 is 1.47 bits per heavy atom. The van der Waals surface area contributed by atoms with E-state index in [1.54, 1.807) is 0 Å². The second-order valence-corrected chi connectivity index (χ2v) is 4.29. The standard InChI is InChI=1S/C7H9O4P.H2O4S/c8-4-2-1-3(7(11)12)5(9)6(4)10;1-5(2,3)4/h1-2,7-11H,12H2;(H2,1,2,3,4). The molecule has 0 aliphatic heterocycles. The first-order valence-electron chi connectivity index (χ1n) is 3.91. The summed E-state index contributed by atoms with van der Waals surface area (Å²) < 4.78 is 31.6. The molecule has 0 spiro atoms. The van der Waals surface area contributed by atoms with Gasteiger partial charge in [-0.25, -0.2) is 0 Å². The number of aromatic hydroxyl groups is 3. The Kier molecular flexibility index (Phi) is 5.59. The van der Waals surface area contributed by atoms with Gasteiger partial charge in [0.1, 0.15) is 0 Å². The maximum Gasteiger partial charge on any atom is 0.394 e. The average molecular weight is 286 g/mol. The Morgan fingerprint density at radius 3 is 1.82 bits per heavy atom. The van der Waals surface area contributed by atoms with Crippen molar-refractivity contribution >= 4 is 19.6 Å². The van der Waals surface area contributed by atoms with Crippen LogP contribution in [0.2, 0.25) is 0 Å². The quantitative estimate of drug-likeness (QED) is 0.239. The molecule has 0 aromatic heterocycles. The van der Waals surface area contributed by atoms with E-state index in [0.717, 1.165) is 0 Å². The normalized spacial score (nSPS) is 12.5. The van der Waals surface area contributed by atoms with Gasteiger partial charge in [-0.15, -0.1) is 9.24 Å². The summed E-state index contributed by atoms with van der Waals surface area (Å²) in [4.78, 5) is 0. The van der Waals surface area contributed by atoms with Crippen molar-refractivity contribution in [3.63, 3.8) is 0 Å². The van der Waals surface area contributed by atoms with Crippen molar-refractivity contribution in [3.8, 4) is 17.2 Å². The molecule has 98 valence electrons. The molecular weight excluding hydrogens is 275 g/mol.